The standard InChI is InChI=1S/C30H31Cl2NO5/c1-30(2,3)38-29(37)33(17-27(34)19-6-10-23(31)11-7-19)24-12-8-18-4-5-20(14-22(18)15-24)25-13-9-21(28(35)36)16-26(25)32/h4-7,9-11,13-14,16,24,27,34H,8,12,15,17H2,1-3H3,(H,35,36)/t24-,27+/m0/s1. The lowest BCUT2D eigenvalue weighted by Gasteiger charge is -2.37. The van der Waals surface area contributed by atoms with Crippen LogP contribution >= 0.6 is 23.2 Å². The van der Waals surface area contributed by atoms with Crippen LogP contribution in [0.4, 0.5) is 4.79 Å². The summed E-state index contributed by atoms with van der Waals surface area (Å²) in [7, 11) is 0. The first-order valence-electron chi connectivity index (χ1n) is 12.5. The second-order valence-corrected chi connectivity index (χ2v) is 11.4. The van der Waals surface area contributed by atoms with Crippen LogP contribution in [0.2, 0.25) is 10.0 Å². The predicted molar refractivity (Wildman–Crippen MR) is 149 cm³/mol. The summed E-state index contributed by atoms with van der Waals surface area (Å²) in [5, 5.41) is 21.2. The molecule has 1 amide bonds. The van der Waals surface area contributed by atoms with Crippen LogP contribution in [0.15, 0.2) is 60.7 Å². The molecule has 0 aromatic heterocycles. The van der Waals surface area contributed by atoms with Crippen LogP contribution in [-0.2, 0) is 17.6 Å². The number of aliphatic hydroxyl groups excluding tert-OH is 1. The molecule has 38 heavy (non-hydrogen) atoms. The van der Waals surface area contributed by atoms with Crippen molar-refractivity contribution in [1.29, 1.82) is 0 Å². The van der Waals surface area contributed by atoms with E-state index < -0.39 is 23.8 Å². The van der Waals surface area contributed by atoms with Gasteiger partial charge in [0.25, 0.3) is 0 Å². The SMILES string of the molecule is CC(C)(C)OC(=O)N(C[C@@H](O)c1ccc(Cl)cc1)[C@H]1CCc2ccc(-c3ccc(C(=O)O)cc3Cl)cc2C1. The number of carbonyl (C=O) groups excluding carboxylic acids is 1. The molecule has 3 aromatic carbocycles. The molecular formula is C30H31Cl2NO5. The number of aliphatic hydroxyl groups is 1. The number of hydrogen-bond donors (Lipinski definition) is 2. The number of benzene rings is 3. The highest BCUT2D eigenvalue weighted by Gasteiger charge is 2.33. The molecule has 8 heteroatoms. The van der Waals surface area contributed by atoms with E-state index in [-0.39, 0.29) is 18.2 Å². The van der Waals surface area contributed by atoms with Crippen LogP contribution in [-0.4, -0.2) is 45.4 Å². The van der Waals surface area contributed by atoms with Crippen LogP contribution in [0.5, 0.6) is 0 Å². The van der Waals surface area contributed by atoms with E-state index in [4.69, 9.17) is 27.9 Å². The zero-order valence-electron chi connectivity index (χ0n) is 21.6. The summed E-state index contributed by atoms with van der Waals surface area (Å²) in [6.45, 7) is 5.54. The first kappa shape index (κ1) is 28.0. The van der Waals surface area contributed by atoms with E-state index in [1.807, 2.05) is 32.9 Å². The highest BCUT2D eigenvalue weighted by Crippen LogP contribution is 2.34. The number of rotatable bonds is 6. The van der Waals surface area contributed by atoms with Gasteiger partial charge in [0.2, 0.25) is 0 Å². The van der Waals surface area contributed by atoms with Gasteiger partial charge in [0.1, 0.15) is 5.60 Å². The predicted octanol–water partition coefficient (Wildman–Crippen LogP) is 7.19. The fraction of sp³-hybridized carbons (Fsp3) is 0.333. The van der Waals surface area contributed by atoms with Gasteiger partial charge in [0, 0.05) is 21.7 Å². The van der Waals surface area contributed by atoms with Gasteiger partial charge < -0.3 is 19.8 Å². The maximum Gasteiger partial charge on any atom is 0.410 e. The summed E-state index contributed by atoms with van der Waals surface area (Å²) < 4.78 is 5.73. The smallest absolute Gasteiger partial charge is 0.410 e. The van der Waals surface area contributed by atoms with E-state index in [0.29, 0.717) is 22.0 Å². The molecule has 2 atom stereocenters. The van der Waals surface area contributed by atoms with Crippen LogP contribution in [0.25, 0.3) is 11.1 Å². The Labute approximate surface area is 232 Å². The van der Waals surface area contributed by atoms with Crippen molar-refractivity contribution in [3.05, 3.63) is 93.0 Å². The zero-order valence-corrected chi connectivity index (χ0v) is 23.1. The fourth-order valence-corrected chi connectivity index (χ4v) is 5.14. The summed E-state index contributed by atoms with van der Waals surface area (Å²) in [6, 6.07) is 17.5. The first-order chi connectivity index (χ1) is 17.9. The van der Waals surface area contributed by atoms with Crippen molar-refractivity contribution in [3.63, 3.8) is 0 Å². The lowest BCUT2D eigenvalue weighted by atomic mass is 9.85. The van der Waals surface area contributed by atoms with Gasteiger partial charge in [-0.15, -0.1) is 0 Å². The van der Waals surface area contributed by atoms with E-state index >= 15 is 0 Å². The van der Waals surface area contributed by atoms with Crippen molar-refractivity contribution in [2.45, 2.75) is 57.8 Å². The van der Waals surface area contributed by atoms with E-state index in [0.717, 1.165) is 29.5 Å². The highest BCUT2D eigenvalue weighted by molar-refractivity contribution is 6.33. The molecular weight excluding hydrogens is 525 g/mol. The number of aryl methyl sites for hydroxylation is 1. The average Bonchev–Trinajstić information content (AvgIpc) is 2.85. The minimum atomic E-state index is -1.03. The molecule has 0 saturated heterocycles. The molecule has 6 nitrogen and oxygen atoms in total. The van der Waals surface area contributed by atoms with Gasteiger partial charge in [-0.1, -0.05) is 59.6 Å². The number of nitrogens with zero attached hydrogens (tertiary/aromatic N) is 1. The lowest BCUT2D eigenvalue weighted by Crippen LogP contribution is -2.47. The number of carboxylic acids is 1. The molecule has 2 N–H and O–H groups in total. The molecule has 0 radical (unpaired) electrons. The largest absolute Gasteiger partial charge is 0.478 e. The number of hydrogen-bond acceptors (Lipinski definition) is 4. The molecule has 4 rings (SSSR count). The molecule has 0 heterocycles. The lowest BCUT2D eigenvalue weighted by molar-refractivity contribution is 0.00195. The van der Waals surface area contributed by atoms with Gasteiger partial charge in [0.05, 0.1) is 18.2 Å². The molecule has 0 saturated carbocycles. The minimum Gasteiger partial charge on any atom is -0.478 e. The number of halogens is 2. The fourth-order valence-electron chi connectivity index (χ4n) is 4.72. The normalized spacial score (nSPS) is 15.9. The number of ether oxygens (including phenoxy) is 1. The summed E-state index contributed by atoms with van der Waals surface area (Å²) in [5.74, 6) is -1.03. The van der Waals surface area contributed by atoms with E-state index in [1.54, 1.807) is 35.2 Å². The van der Waals surface area contributed by atoms with Crippen LogP contribution in [0.1, 0.15) is 60.3 Å². The zero-order chi connectivity index (χ0) is 27.6. The third-order valence-corrected chi connectivity index (χ3v) is 7.19. The molecule has 3 aromatic rings. The second-order valence-electron chi connectivity index (χ2n) is 10.6. The Bertz CT molecular complexity index is 1330. The Morgan fingerprint density at radius 3 is 2.37 bits per heavy atom. The van der Waals surface area contributed by atoms with E-state index in [2.05, 4.69) is 6.07 Å². The summed E-state index contributed by atoms with van der Waals surface area (Å²) >= 11 is 12.4. The van der Waals surface area contributed by atoms with E-state index in [9.17, 15) is 19.8 Å². The Morgan fingerprint density at radius 2 is 1.74 bits per heavy atom. The Kier molecular flexibility index (Phi) is 8.36. The minimum absolute atomic E-state index is 0.0821. The number of fused-ring (bicyclic) bond motifs is 1. The van der Waals surface area contributed by atoms with Crippen LogP contribution in [0.3, 0.4) is 0 Å². The maximum atomic E-state index is 13.3. The van der Waals surface area contributed by atoms with Crippen molar-refractivity contribution in [3.8, 4) is 11.1 Å². The quantitative estimate of drug-likeness (QED) is 0.336. The number of aromatic carboxylic acids is 1. The second kappa shape index (κ2) is 11.4. The average molecular weight is 556 g/mol. The van der Waals surface area contributed by atoms with Gasteiger partial charge in [-0.05, 0) is 86.6 Å². The van der Waals surface area contributed by atoms with Gasteiger partial charge in [-0.3, -0.25) is 0 Å². The molecule has 1 aliphatic rings. The van der Waals surface area contributed by atoms with Crippen molar-refractivity contribution in [1.82, 2.24) is 4.90 Å². The third kappa shape index (κ3) is 6.68. The Balaban J connectivity index is 1.61. The Morgan fingerprint density at radius 1 is 1.03 bits per heavy atom. The number of carbonyl (C=O) groups is 2. The van der Waals surface area contributed by atoms with Crippen molar-refractivity contribution >= 4 is 35.3 Å². The molecule has 0 aliphatic heterocycles. The van der Waals surface area contributed by atoms with Gasteiger partial charge >= 0.3 is 12.1 Å². The molecule has 0 unspecified atom stereocenters. The Hall–Kier alpha value is -3.06. The van der Waals surface area contributed by atoms with Gasteiger partial charge in [0.15, 0.2) is 0 Å². The van der Waals surface area contributed by atoms with E-state index in [1.165, 1.54) is 17.7 Å². The maximum absolute atomic E-state index is 13.3. The molecule has 0 bridgehead atoms. The summed E-state index contributed by atoms with van der Waals surface area (Å²) in [6.07, 6.45) is 0.706. The molecule has 0 spiro atoms. The summed E-state index contributed by atoms with van der Waals surface area (Å²) in [5.41, 5.74) is 3.99. The highest BCUT2D eigenvalue weighted by atomic mass is 35.5. The van der Waals surface area contributed by atoms with Crippen molar-refractivity contribution < 1.29 is 24.5 Å². The van der Waals surface area contributed by atoms with Crippen molar-refractivity contribution in [2.24, 2.45) is 0 Å². The van der Waals surface area contributed by atoms with Gasteiger partial charge in [-0.2, -0.15) is 0 Å². The van der Waals surface area contributed by atoms with Crippen molar-refractivity contribution in [2.75, 3.05) is 6.54 Å². The van der Waals surface area contributed by atoms with Crippen LogP contribution < -0.4 is 0 Å². The summed E-state index contributed by atoms with van der Waals surface area (Å²) in [4.78, 5) is 26.2. The molecule has 200 valence electrons. The monoisotopic (exact) mass is 555 g/mol. The third-order valence-electron chi connectivity index (χ3n) is 6.63. The van der Waals surface area contributed by atoms with Gasteiger partial charge in [-0.25, -0.2) is 9.59 Å². The molecule has 1 aliphatic carbocycles. The molecule has 0 fully saturated rings. The number of carboxylic acid groups (broad SMARTS) is 1. The van der Waals surface area contributed by atoms with Crippen LogP contribution in [0, 0.1) is 0 Å². The topological polar surface area (TPSA) is 87.1 Å². The first-order valence-corrected chi connectivity index (χ1v) is 13.2. The number of amides is 1.